The second-order valence-corrected chi connectivity index (χ2v) is 8.89. The zero-order chi connectivity index (χ0) is 20.2. The number of aliphatic hydroxyl groups is 1. The van der Waals surface area contributed by atoms with Crippen LogP contribution in [0.5, 0.6) is 0 Å². The van der Waals surface area contributed by atoms with Crippen molar-refractivity contribution in [2.45, 2.75) is 37.9 Å². The lowest BCUT2D eigenvalue weighted by Gasteiger charge is -2.47. The molecule has 0 amide bonds. The van der Waals surface area contributed by atoms with Crippen molar-refractivity contribution in [1.82, 2.24) is 14.7 Å². The Labute approximate surface area is 178 Å². The Balaban J connectivity index is 1.38. The van der Waals surface area contributed by atoms with Crippen molar-refractivity contribution in [3.63, 3.8) is 0 Å². The first-order chi connectivity index (χ1) is 14.1. The zero-order valence-corrected chi connectivity index (χ0v) is 18.0. The highest BCUT2D eigenvalue weighted by atomic mass is 35.5. The van der Waals surface area contributed by atoms with Gasteiger partial charge >= 0.3 is 0 Å². The van der Waals surface area contributed by atoms with Crippen LogP contribution in [0.25, 0.3) is 11.3 Å². The Hall–Kier alpha value is -1.37. The second-order valence-electron chi connectivity index (χ2n) is 8.45. The average molecular weight is 418 g/mol. The van der Waals surface area contributed by atoms with Gasteiger partial charge in [0.15, 0.2) is 0 Å². The van der Waals surface area contributed by atoms with E-state index in [1.807, 2.05) is 30.3 Å². The maximum atomic E-state index is 9.62. The quantitative estimate of drug-likeness (QED) is 0.778. The smallest absolute Gasteiger partial charge is 0.134 e. The molecular formula is C23H32ClN3O2. The van der Waals surface area contributed by atoms with Crippen molar-refractivity contribution in [3.8, 4) is 11.3 Å². The van der Waals surface area contributed by atoms with E-state index >= 15 is 0 Å². The van der Waals surface area contributed by atoms with Gasteiger partial charge in [-0.2, -0.15) is 0 Å². The summed E-state index contributed by atoms with van der Waals surface area (Å²) in [6.07, 6.45) is 3.31. The molecule has 0 spiro atoms. The largest absolute Gasteiger partial charge is 0.460 e. The predicted octanol–water partition coefficient (Wildman–Crippen LogP) is 3.56. The van der Waals surface area contributed by atoms with Crippen LogP contribution in [0.2, 0.25) is 5.02 Å². The fourth-order valence-corrected chi connectivity index (χ4v) is 4.96. The SMILES string of the molecule is CN1CCC(N2CCN(Cc3ccc(-c4cccc(Cl)c4)o3)C[C@@H]2CCO)CC1. The van der Waals surface area contributed by atoms with Crippen LogP contribution < -0.4 is 0 Å². The number of hydrogen-bond acceptors (Lipinski definition) is 5. The first-order valence-corrected chi connectivity index (χ1v) is 11.1. The summed E-state index contributed by atoms with van der Waals surface area (Å²) in [5, 5.41) is 10.3. The lowest BCUT2D eigenvalue weighted by molar-refractivity contribution is 0.00426. The summed E-state index contributed by atoms with van der Waals surface area (Å²) in [5.74, 6) is 1.84. The van der Waals surface area contributed by atoms with E-state index in [4.69, 9.17) is 16.0 Å². The van der Waals surface area contributed by atoms with Crippen LogP contribution in [0.3, 0.4) is 0 Å². The van der Waals surface area contributed by atoms with Crippen molar-refractivity contribution in [3.05, 3.63) is 47.2 Å². The van der Waals surface area contributed by atoms with Gasteiger partial charge in [-0.3, -0.25) is 9.80 Å². The number of hydrogen-bond donors (Lipinski definition) is 1. The van der Waals surface area contributed by atoms with Crippen LogP contribution in [-0.4, -0.2) is 78.3 Å². The molecule has 0 radical (unpaired) electrons. The summed E-state index contributed by atoms with van der Waals surface area (Å²) in [6.45, 7) is 6.51. The molecule has 2 aromatic rings. The van der Waals surface area contributed by atoms with Gasteiger partial charge in [-0.1, -0.05) is 23.7 Å². The van der Waals surface area contributed by atoms with Crippen LogP contribution >= 0.6 is 11.6 Å². The molecule has 0 unspecified atom stereocenters. The number of aliphatic hydroxyl groups excluding tert-OH is 1. The molecule has 6 heteroatoms. The van der Waals surface area contributed by atoms with E-state index < -0.39 is 0 Å². The minimum absolute atomic E-state index is 0.251. The van der Waals surface area contributed by atoms with Gasteiger partial charge in [0.1, 0.15) is 11.5 Å². The molecule has 2 saturated heterocycles. The first kappa shape index (κ1) is 20.9. The zero-order valence-electron chi connectivity index (χ0n) is 17.3. The van der Waals surface area contributed by atoms with Gasteiger partial charge in [0.25, 0.3) is 0 Å². The monoisotopic (exact) mass is 417 g/mol. The van der Waals surface area contributed by atoms with Gasteiger partial charge in [0.05, 0.1) is 6.54 Å². The molecule has 1 atom stereocenters. The average Bonchev–Trinajstić information content (AvgIpc) is 3.18. The molecule has 2 fully saturated rings. The standard InChI is InChI=1S/C23H32ClN3O2/c1-25-10-7-20(8-11-25)27-13-12-26(16-21(27)9-14-28)17-22-5-6-23(29-22)18-3-2-4-19(24)15-18/h2-6,15,20-21,28H,7-14,16-17H2,1H3/t21-/m0/s1. The molecule has 5 nitrogen and oxygen atoms in total. The minimum atomic E-state index is 0.251. The van der Waals surface area contributed by atoms with E-state index in [9.17, 15) is 5.11 Å². The molecule has 3 heterocycles. The Bertz CT molecular complexity index is 788. The molecule has 0 saturated carbocycles. The molecule has 1 aromatic carbocycles. The van der Waals surface area contributed by atoms with E-state index in [1.54, 1.807) is 0 Å². The summed E-state index contributed by atoms with van der Waals surface area (Å²) in [6, 6.07) is 12.9. The topological polar surface area (TPSA) is 43.1 Å². The highest BCUT2D eigenvalue weighted by molar-refractivity contribution is 6.30. The lowest BCUT2D eigenvalue weighted by Crippen LogP contribution is -2.58. The molecule has 2 aliphatic rings. The molecule has 1 N–H and O–H groups in total. The fraction of sp³-hybridized carbons (Fsp3) is 0.565. The summed E-state index contributed by atoms with van der Waals surface area (Å²) >= 11 is 6.11. The van der Waals surface area contributed by atoms with Crippen molar-refractivity contribution >= 4 is 11.6 Å². The van der Waals surface area contributed by atoms with Gasteiger partial charge in [-0.25, -0.2) is 0 Å². The molecule has 1 aromatic heterocycles. The Morgan fingerprint density at radius 1 is 1.10 bits per heavy atom. The number of piperazine rings is 1. The molecular weight excluding hydrogens is 386 g/mol. The number of nitrogens with zero attached hydrogens (tertiary/aromatic N) is 3. The number of furan rings is 1. The van der Waals surface area contributed by atoms with Crippen LogP contribution in [0.15, 0.2) is 40.8 Å². The third-order valence-corrected chi connectivity index (χ3v) is 6.62. The van der Waals surface area contributed by atoms with Crippen molar-refractivity contribution in [2.75, 3.05) is 46.4 Å². The van der Waals surface area contributed by atoms with E-state index in [-0.39, 0.29) is 6.61 Å². The third kappa shape index (κ3) is 5.22. The normalized spacial score (nSPS) is 22.9. The summed E-state index contributed by atoms with van der Waals surface area (Å²) < 4.78 is 6.11. The van der Waals surface area contributed by atoms with Crippen molar-refractivity contribution < 1.29 is 9.52 Å². The molecule has 29 heavy (non-hydrogen) atoms. The number of benzene rings is 1. The number of likely N-dealkylation sites (tertiary alicyclic amines) is 1. The van der Waals surface area contributed by atoms with Crippen LogP contribution in [0.1, 0.15) is 25.0 Å². The number of rotatable bonds is 6. The van der Waals surface area contributed by atoms with E-state index in [0.717, 1.165) is 54.7 Å². The molecule has 2 aliphatic heterocycles. The van der Waals surface area contributed by atoms with Crippen LogP contribution in [-0.2, 0) is 6.54 Å². The number of piperidine rings is 1. The lowest BCUT2D eigenvalue weighted by atomic mass is 9.98. The second kappa shape index (κ2) is 9.63. The van der Waals surface area contributed by atoms with Gasteiger partial charge < -0.3 is 14.4 Å². The molecule has 4 rings (SSSR count). The van der Waals surface area contributed by atoms with Crippen molar-refractivity contribution in [2.24, 2.45) is 0 Å². The van der Waals surface area contributed by atoms with Gasteiger partial charge in [0, 0.05) is 48.9 Å². The number of halogens is 1. The van der Waals surface area contributed by atoms with Gasteiger partial charge in [-0.05, 0) is 63.7 Å². The maximum absolute atomic E-state index is 9.62. The van der Waals surface area contributed by atoms with E-state index in [1.165, 1.54) is 25.9 Å². The highest BCUT2D eigenvalue weighted by Crippen LogP contribution is 2.27. The Morgan fingerprint density at radius 2 is 1.93 bits per heavy atom. The fourth-order valence-electron chi connectivity index (χ4n) is 4.77. The third-order valence-electron chi connectivity index (χ3n) is 6.38. The summed E-state index contributed by atoms with van der Waals surface area (Å²) in [4.78, 5) is 7.55. The highest BCUT2D eigenvalue weighted by Gasteiger charge is 2.33. The van der Waals surface area contributed by atoms with E-state index in [0.29, 0.717) is 12.1 Å². The van der Waals surface area contributed by atoms with E-state index in [2.05, 4.69) is 27.8 Å². The summed E-state index contributed by atoms with van der Waals surface area (Å²) in [7, 11) is 2.21. The van der Waals surface area contributed by atoms with Gasteiger partial charge in [0.2, 0.25) is 0 Å². The maximum Gasteiger partial charge on any atom is 0.134 e. The van der Waals surface area contributed by atoms with Crippen LogP contribution in [0, 0.1) is 0 Å². The Kier molecular flexibility index (Phi) is 6.93. The minimum Gasteiger partial charge on any atom is -0.460 e. The molecule has 158 valence electrons. The predicted molar refractivity (Wildman–Crippen MR) is 117 cm³/mol. The first-order valence-electron chi connectivity index (χ1n) is 10.7. The van der Waals surface area contributed by atoms with Crippen molar-refractivity contribution in [1.29, 1.82) is 0 Å². The Morgan fingerprint density at radius 3 is 2.69 bits per heavy atom. The molecule has 0 aliphatic carbocycles. The summed E-state index contributed by atoms with van der Waals surface area (Å²) in [5.41, 5.74) is 1.01. The van der Waals surface area contributed by atoms with Crippen LogP contribution in [0.4, 0.5) is 0 Å². The molecule has 0 bridgehead atoms. The van der Waals surface area contributed by atoms with Gasteiger partial charge in [-0.15, -0.1) is 0 Å².